The molecule has 0 aliphatic carbocycles. The third-order valence-electron chi connectivity index (χ3n) is 16.5. The number of unbranched alkanes of at least 4 members (excludes halogenated alkanes) is 28. The Bertz CT molecular complexity index is 2210. The summed E-state index contributed by atoms with van der Waals surface area (Å²) >= 11 is 0. The minimum Gasteiger partial charge on any atom is -0.477 e. The lowest BCUT2D eigenvalue weighted by molar-refractivity contribution is -0.870. The summed E-state index contributed by atoms with van der Waals surface area (Å²) in [7, 11) is 5.98. The van der Waals surface area contributed by atoms with Crippen LogP contribution in [0.2, 0.25) is 0 Å². The second-order valence-corrected chi connectivity index (χ2v) is 26.9. The number of allylic oxidation sites excluding steroid dienone is 28. The van der Waals surface area contributed by atoms with Crippen LogP contribution in [0.15, 0.2) is 170 Å². The molecule has 0 aliphatic heterocycles. The lowest BCUT2D eigenvalue weighted by Crippen LogP contribution is -2.40. The maximum atomic E-state index is 13.0. The lowest BCUT2D eigenvalue weighted by atomic mass is 10.0. The van der Waals surface area contributed by atoms with Crippen molar-refractivity contribution in [2.75, 3.05) is 47.5 Å². The van der Waals surface area contributed by atoms with Crippen LogP contribution in [-0.4, -0.2) is 87.4 Å². The van der Waals surface area contributed by atoms with Gasteiger partial charge in [0.1, 0.15) is 13.2 Å². The van der Waals surface area contributed by atoms with Crippen LogP contribution in [0.5, 0.6) is 0 Å². The van der Waals surface area contributed by atoms with Crippen LogP contribution in [0.3, 0.4) is 0 Å². The molecule has 0 rings (SSSR count). The zero-order valence-corrected chi connectivity index (χ0v) is 62.9. The topological polar surface area (TPSA) is 108 Å². The number of hydrogen-bond acceptors (Lipinski definition) is 7. The van der Waals surface area contributed by atoms with E-state index in [0.717, 1.165) is 135 Å². The Labute approximate surface area is 597 Å². The second kappa shape index (κ2) is 76.4. The van der Waals surface area contributed by atoms with Crippen molar-refractivity contribution in [3.8, 4) is 0 Å². The Kier molecular flexibility index (Phi) is 72.2. The van der Waals surface area contributed by atoms with Crippen molar-refractivity contribution in [2.45, 2.75) is 322 Å². The Morgan fingerprint density at radius 2 is 0.557 bits per heavy atom. The molecule has 9 heteroatoms. The van der Waals surface area contributed by atoms with E-state index in [4.69, 9.17) is 18.9 Å². The van der Waals surface area contributed by atoms with E-state index in [0.29, 0.717) is 23.9 Å². The molecular formula is C88H146NO8+. The quantitative estimate of drug-likeness (QED) is 0.0211. The number of aliphatic carboxylic acids is 1. The van der Waals surface area contributed by atoms with Gasteiger partial charge in [-0.3, -0.25) is 9.59 Å². The number of rotatable bonds is 71. The molecule has 0 aromatic carbocycles. The molecule has 0 amide bonds. The standard InChI is InChI=1S/C88H145NO8/c1-6-8-10-12-14-16-18-20-22-24-26-28-30-32-34-36-38-40-41-42-43-44-45-47-49-51-53-55-57-59-61-63-65-67-69-71-73-75-77-79-86(91)97-84(83-96-88(87(92)93)94-81-80-89(3,4)5)82-95-85(90)78-76-74-72-70-68-66-64-62-60-58-56-54-52-50-48-46-39-37-35-33-31-29-27-25-23-21-19-17-15-13-11-9-7-2/h8-11,14-17,20-23,26-29,32-35,38,40,42-43,45,47,51,53,84,88H,6-7,12-13,18-19,24-25,30-31,36-37,39,41,44,46,48-50,52,54-83H2,1-5H3/p+1/b10-8-,11-9-,16-14-,17-15-,22-20-,23-21-,28-26-,29-27-,34-32-,35-33-,40-38-,43-42-,47-45-,53-51-. The highest BCUT2D eigenvalue weighted by Crippen LogP contribution is 2.17. The molecule has 0 spiro atoms. The number of hydrogen-bond donors (Lipinski definition) is 1. The molecule has 0 saturated carbocycles. The highest BCUT2D eigenvalue weighted by atomic mass is 16.7. The van der Waals surface area contributed by atoms with Crippen molar-refractivity contribution in [1.82, 2.24) is 0 Å². The van der Waals surface area contributed by atoms with E-state index in [9.17, 15) is 19.5 Å². The second-order valence-electron chi connectivity index (χ2n) is 26.9. The molecule has 0 aromatic rings. The van der Waals surface area contributed by atoms with Gasteiger partial charge in [-0.05, 0) is 128 Å². The van der Waals surface area contributed by atoms with Gasteiger partial charge in [0.25, 0.3) is 6.29 Å². The van der Waals surface area contributed by atoms with E-state index in [1.54, 1.807) is 0 Å². The molecule has 2 atom stereocenters. The molecule has 9 nitrogen and oxygen atoms in total. The van der Waals surface area contributed by atoms with Gasteiger partial charge in [0.15, 0.2) is 6.10 Å². The van der Waals surface area contributed by atoms with Gasteiger partial charge in [0.2, 0.25) is 0 Å². The van der Waals surface area contributed by atoms with Crippen LogP contribution in [-0.2, 0) is 33.3 Å². The molecule has 0 aromatic heterocycles. The number of ether oxygens (including phenoxy) is 4. The smallest absolute Gasteiger partial charge is 0.361 e. The van der Waals surface area contributed by atoms with Crippen molar-refractivity contribution >= 4 is 17.9 Å². The van der Waals surface area contributed by atoms with Gasteiger partial charge in [-0.25, -0.2) is 4.79 Å². The first-order valence-electron chi connectivity index (χ1n) is 39.3. The van der Waals surface area contributed by atoms with Gasteiger partial charge in [0.05, 0.1) is 34.4 Å². The molecule has 1 N–H and O–H groups in total. The number of likely N-dealkylation sites (N-methyl/N-ethyl adjacent to an activating group) is 1. The average Bonchev–Trinajstić information content (AvgIpc) is 2.39. The molecule has 97 heavy (non-hydrogen) atoms. The Morgan fingerprint density at radius 1 is 0.309 bits per heavy atom. The molecule has 0 saturated heterocycles. The van der Waals surface area contributed by atoms with E-state index in [-0.39, 0.29) is 32.2 Å². The van der Waals surface area contributed by atoms with E-state index in [1.807, 2.05) is 21.1 Å². The molecular weight excluding hydrogens is 1200 g/mol. The first kappa shape index (κ1) is 91.6. The number of esters is 2. The SMILES string of the molecule is CC/C=C\C/C=C\C/C=C\C/C=C\C/C=C\C/C=C\C/C=C\C/C=C\C/C=C\CCCCCCCCCCCCCC(=O)OC(COC(=O)CCCCCCCCCCCCCCCCCCC/C=C\C/C=C\C/C=C\C/C=C\C/C=C\CC)COC(OCC[N+](C)(C)C)C(=O)O. The summed E-state index contributed by atoms with van der Waals surface area (Å²) in [5, 5.41) is 9.77. The Hall–Kier alpha value is -5.35. The summed E-state index contributed by atoms with van der Waals surface area (Å²) < 4.78 is 23.0. The zero-order valence-electron chi connectivity index (χ0n) is 62.9. The highest BCUT2D eigenvalue weighted by molar-refractivity contribution is 5.71. The molecule has 550 valence electrons. The van der Waals surface area contributed by atoms with Gasteiger partial charge in [-0.1, -0.05) is 338 Å². The van der Waals surface area contributed by atoms with E-state index < -0.39 is 24.3 Å². The number of carbonyl (C=O) groups excluding carboxylic acids is 2. The van der Waals surface area contributed by atoms with Crippen LogP contribution in [0.4, 0.5) is 0 Å². The third kappa shape index (κ3) is 77.9. The molecule has 2 unspecified atom stereocenters. The van der Waals surface area contributed by atoms with Crippen LogP contribution < -0.4 is 0 Å². The van der Waals surface area contributed by atoms with Crippen LogP contribution >= 0.6 is 0 Å². The molecule has 0 bridgehead atoms. The third-order valence-corrected chi connectivity index (χ3v) is 16.5. The van der Waals surface area contributed by atoms with Crippen LogP contribution in [0.1, 0.15) is 309 Å². The number of quaternary nitrogens is 1. The molecule has 0 radical (unpaired) electrons. The molecule has 0 fully saturated rings. The number of nitrogens with zero attached hydrogens (tertiary/aromatic N) is 1. The van der Waals surface area contributed by atoms with E-state index in [1.165, 1.54) is 141 Å². The van der Waals surface area contributed by atoms with Gasteiger partial charge < -0.3 is 28.5 Å². The largest absolute Gasteiger partial charge is 0.477 e. The maximum absolute atomic E-state index is 13.0. The van der Waals surface area contributed by atoms with Crippen molar-refractivity contribution in [1.29, 1.82) is 0 Å². The normalized spacial score (nSPS) is 13.6. The van der Waals surface area contributed by atoms with Crippen molar-refractivity contribution < 1.29 is 42.9 Å². The average molecular weight is 1350 g/mol. The first-order valence-corrected chi connectivity index (χ1v) is 39.3. The number of carbonyl (C=O) groups is 3. The summed E-state index contributed by atoms with van der Waals surface area (Å²) in [6.45, 7) is 4.66. The fraction of sp³-hybridized carbons (Fsp3) is 0.648. The highest BCUT2D eigenvalue weighted by Gasteiger charge is 2.25. The van der Waals surface area contributed by atoms with Gasteiger partial charge in [-0.15, -0.1) is 0 Å². The lowest BCUT2D eigenvalue weighted by Gasteiger charge is -2.25. The summed E-state index contributed by atoms with van der Waals surface area (Å²) in [5.74, 6) is -2.01. The van der Waals surface area contributed by atoms with Crippen LogP contribution in [0.25, 0.3) is 0 Å². The summed E-state index contributed by atoms with van der Waals surface area (Å²) in [6.07, 6.45) is 112. The summed E-state index contributed by atoms with van der Waals surface area (Å²) in [6, 6.07) is 0. The van der Waals surface area contributed by atoms with Crippen molar-refractivity contribution in [3.63, 3.8) is 0 Å². The van der Waals surface area contributed by atoms with Gasteiger partial charge in [0, 0.05) is 12.8 Å². The summed E-state index contributed by atoms with van der Waals surface area (Å²) in [4.78, 5) is 37.7. The maximum Gasteiger partial charge on any atom is 0.361 e. The fourth-order valence-corrected chi connectivity index (χ4v) is 10.6. The van der Waals surface area contributed by atoms with E-state index >= 15 is 0 Å². The van der Waals surface area contributed by atoms with Gasteiger partial charge >= 0.3 is 17.9 Å². The van der Waals surface area contributed by atoms with Gasteiger partial charge in [-0.2, -0.15) is 0 Å². The van der Waals surface area contributed by atoms with E-state index in [2.05, 4.69) is 184 Å². The predicted molar refractivity (Wildman–Crippen MR) is 419 cm³/mol. The van der Waals surface area contributed by atoms with Crippen molar-refractivity contribution in [2.24, 2.45) is 0 Å². The molecule has 0 aliphatic rings. The Morgan fingerprint density at radius 3 is 0.825 bits per heavy atom. The monoisotopic (exact) mass is 1350 g/mol. The number of carboxylic acids is 1. The van der Waals surface area contributed by atoms with Crippen molar-refractivity contribution in [3.05, 3.63) is 170 Å². The summed E-state index contributed by atoms with van der Waals surface area (Å²) in [5.41, 5.74) is 0. The molecule has 0 heterocycles. The first-order chi connectivity index (χ1) is 47.6. The fourth-order valence-electron chi connectivity index (χ4n) is 10.6. The minimum atomic E-state index is -1.52. The van der Waals surface area contributed by atoms with Crippen LogP contribution in [0, 0.1) is 0 Å². The minimum absolute atomic E-state index is 0.181. The zero-order chi connectivity index (χ0) is 70.4. The predicted octanol–water partition coefficient (Wildman–Crippen LogP) is 25.4. The Balaban J connectivity index is 4.10. The number of carboxylic acid groups (broad SMARTS) is 1.